The molecule has 0 N–H and O–H groups in total. The molecule has 5 heteroatoms. The van der Waals surface area contributed by atoms with E-state index in [4.69, 9.17) is 19.1 Å². The summed E-state index contributed by atoms with van der Waals surface area (Å²) >= 11 is 0. The molecule has 0 spiro atoms. The van der Waals surface area contributed by atoms with E-state index in [1.165, 1.54) is 31.4 Å². The molecule has 0 unspecified atom stereocenters. The Bertz CT molecular complexity index is 1760. The van der Waals surface area contributed by atoms with Crippen molar-refractivity contribution in [2.75, 3.05) is 18.0 Å². The van der Waals surface area contributed by atoms with Crippen molar-refractivity contribution in [2.45, 2.75) is 39.5 Å². The molecule has 37 heavy (non-hydrogen) atoms. The summed E-state index contributed by atoms with van der Waals surface area (Å²) in [7, 11) is 0. The quantitative estimate of drug-likeness (QED) is 0.214. The van der Waals surface area contributed by atoms with E-state index in [0.717, 1.165) is 56.9 Å². The first-order chi connectivity index (χ1) is 18.2. The van der Waals surface area contributed by atoms with Gasteiger partial charge in [-0.15, -0.1) is 0 Å². The monoisotopic (exact) mass is 487 g/mol. The Hall–Kier alpha value is -4.30. The van der Waals surface area contributed by atoms with Crippen LogP contribution in [0.2, 0.25) is 0 Å². The van der Waals surface area contributed by atoms with Crippen LogP contribution in [0.25, 0.3) is 55.3 Å². The van der Waals surface area contributed by atoms with Crippen molar-refractivity contribution < 1.29 is 8.83 Å². The topological polar surface area (TPSA) is 66.2 Å². The molecule has 0 aliphatic carbocycles. The Kier molecular flexibility index (Phi) is 6.02. The minimum Gasteiger partial charge on any atom is -0.454 e. The molecule has 0 aliphatic heterocycles. The van der Waals surface area contributed by atoms with E-state index in [0.29, 0.717) is 17.0 Å². The molecule has 5 nitrogen and oxygen atoms in total. The van der Waals surface area contributed by atoms with Crippen LogP contribution >= 0.6 is 0 Å². The van der Waals surface area contributed by atoms with Gasteiger partial charge in [-0.2, -0.15) is 5.26 Å². The number of unbranched alkanes of at least 4 members (excludes halogenated alkanes) is 2. The molecule has 6 rings (SSSR count). The number of benzene rings is 4. The van der Waals surface area contributed by atoms with Crippen LogP contribution in [-0.4, -0.2) is 18.1 Å². The summed E-state index contributed by atoms with van der Waals surface area (Å²) in [6.45, 7) is 6.57. The molecule has 6 aromatic rings. The number of nitriles is 1. The van der Waals surface area contributed by atoms with E-state index in [1.54, 1.807) is 12.1 Å². The SMILES string of the molecule is CCCCN(CCCC)c1ccc2c(c1)oc1c3nc(-c4ccc(C#N)cc4)oc3c3ccccc3c21. The third-order valence-corrected chi connectivity index (χ3v) is 7.15. The zero-order valence-electron chi connectivity index (χ0n) is 21.3. The Morgan fingerprint density at radius 1 is 0.811 bits per heavy atom. The van der Waals surface area contributed by atoms with E-state index in [-0.39, 0.29) is 0 Å². The second-order valence-corrected chi connectivity index (χ2v) is 9.61. The summed E-state index contributed by atoms with van der Waals surface area (Å²) in [6, 6.07) is 24.3. The zero-order chi connectivity index (χ0) is 25.4. The molecule has 0 fully saturated rings. The summed E-state index contributed by atoms with van der Waals surface area (Å²) in [5.41, 5.74) is 5.69. The van der Waals surface area contributed by atoms with E-state index in [9.17, 15) is 0 Å². The second kappa shape index (κ2) is 9.63. The molecular weight excluding hydrogens is 458 g/mol. The van der Waals surface area contributed by atoms with E-state index in [2.05, 4.69) is 61.2 Å². The smallest absolute Gasteiger partial charge is 0.227 e. The van der Waals surface area contributed by atoms with Crippen molar-refractivity contribution in [1.29, 1.82) is 5.26 Å². The first-order valence-electron chi connectivity index (χ1n) is 13.1. The van der Waals surface area contributed by atoms with Crippen LogP contribution in [0.3, 0.4) is 0 Å². The van der Waals surface area contributed by atoms with Crippen LogP contribution in [0.15, 0.2) is 75.6 Å². The minimum absolute atomic E-state index is 0.517. The van der Waals surface area contributed by atoms with Gasteiger partial charge in [0.05, 0.1) is 11.6 Å². The van der Waals surface area contributed by atoms with Gasteiger partial charge in [0, 0.05) is 46.6 Å². The highest BCUT2D eigenvalue weighted by Crippen LogP contribution is 2.42. The molecular formula is C32H29N3O2. The molecule has 0 aliphatic rings. The van der Waals surface area contributed by atoms with Crippen LogP contribution in [0.4, 0.5) is 5.69 Å². The lowest BCUT2D eigenvalue weighted by atomic mass is 10.0. The molecule has 0 saturated heterocycles. The van der Waals surface area contributed by atoms with Gasteiger partial charge < -0.3 is 13.7 Å². The molecule has 0 atom stereocenters. The maximum atomic E-state index is 9.15. The molecule has 4 aromatic carbocycles. The number of hydrogen-bond donors (Lipinski definition) is 0. The lowest BCUT2D eigenvalue weighted by Crippen LogP contribution is -2.25. The molecule has 184 valence electrons. The summed E-state index contributed by atoms with van der Waals surface area (Å²) in [5.74, 6) is 0.517. The molecule has 2 aromatic heterocycles. The van der Waals surface area contributed by atoms with Gasteiger partial charge in [0.1, 0.15) is 5.58 Å². The number of rotatable bonds is 8. The maximum Gasteiger partial charge on any atom is 0.227 e. The van der Waals surface area contributed by atoms with Crippen LogP contribution in [0.5, 0.6) is 0 Å². The Balaban J connectivity index is 1.56. The lowest BCUT2D eigenvalue weighted by Gasteiger charge is -2.24. The summed E-state index contributed by atoms with van der Waals surface area (Å²) in [5, 5.41) is 13.4. The number of oxazole rings is 1. The normalized spacial score (nSPS) is 11.6. The van der Waals surface area contributed by atoms with Gasteiger partial charge in [0.15, 0.2) is 16.7 Å². The zero-order valence-corrected chi connectivity index (χ0v) is 21.3. The maximum absolute atomic E-state index is 9.15. The van der Waals surface area contributed by atoms with Gasteiger partial charge >= 0.3 is 0 Å². The molecule has 0 amide bonds. The number of hydrogen-bond acceptors (Lipinski definition) is 5. The van der Waals surface area contributed by atoms with Crippen molar-refractivity contribution in [3.8, 4) is 17.5 Å². The van der Waals surface area contributed by atoms with Crippen LogP contribution < -0.4 is 4.90 Å². The predicted octanol–water partition coefficient (Wildman–Crippen LogP) is 8.83. The number of nitrogens with zero attached hydrogens (tertiary/aromatic N) is 3. The fourth-order valence-electron chi connectivity index (χ4n) is 5.15. The first-order valence-corrected chi connectivity index (χ1v) is 13.1. The largest absolute Gasteiger partial charge is 0.454 e. The van der Waals surface area contributed by atoms with Crippen molar-refractivity contribution in [3.63, 3.8) is 0 Å². The highest BCUT2D eigenvalue weighted by molar-refractivity contribution is 6.28. The molecule has 0 radical (unpaired) electrons. The van der Waals surface area contributed by atoms with Gasteiger partial charge in [-0.3, -0.25) is 0 Å². The van der Waals surface area contributed by atoms with Crippen molar-refractivity contribution in [3.05, 3.63) is 72.3 Å². The first kappa shape index (κ1) is 23.1. The number of anilines is 1. The van der Waals surface area contributed by atoms with Gasteiger partial charge in [-0.1, -0.05) is 51.0 Å². The fraction of sp³-hybridized carbons (Fsp3) is 0.250. The van der Waals surface area contributed by atoms with Crippen LogP contribution in [0.1, 0.15) is 45.1 Å². The third-order valence-electron chi connectivity index (χ3n) is 7.15. The van der Waals surface area contributed by atoms with Crippen molar-refractivity contribution in [2.24, 2.45) is 0 Å². The lowest BCUT2D eigenvalue weighted by molar-refractivity contribution is 0.623. The Morgan fingerprint density at radius 3 is 2.24 bits per heavy atom. The van der Waals surface area contributed by atoms with Crippen LogP contribution in [-0.2, 0) is 0 Å². The highest BCUT2D eigenvalue weighted by Gasteiger charge is 2.21. The second-order valence-electron chi connectivity index (χ2n) is 9.61. The standard InChI is InChI=1S/C32H29N3O2/c1-3-5-17-35(18-6-4-2)23-15-16-26-27(19-23)36-31-28(26)24-9-7-8-10-25(24)30-29(31)34-32(37-30)22-13-11-21(20-33)12-14-22/h7-16,19H,3-6,17-18H2,1-2H3. The minimum atomic E-state index is 0.517. The van der Waals surface area contributed by atoms with Crippen molar-refractivity contribution >= 4 is 49.5 Å². The van der Waals surface area contributed by atoms with Crippen molar-refractivity contribution in [1.82, 2.24) is 4.98 Å². The molecule has 0 bridgehead atoms. The third kappa shape index (κ3) is 3.99. The number of fused-ring (bicyclic) bond motifs is 8. The molecule has 2 heterocycles. The predicted molar refractivity (Wildman–Crippen MR) is 151 cm³/mol. The summed E-state index contributed by atoms with van der Waals surface area (Å²) in [6.07, 6.45) is 4.69. The van der Waals surface area contributed by atoms with Gasteiger partial charge in [0.2, 0.25) is 5.89 Å². The number of furan rings is 1. The summed E-state index contributed by atoms with van der Waals surface area (Å²) in [4.78, 5) is 7.38. The summed E-state index contributed by atoms with van der Waals surface area (Å²) < 4.78 is 12.9. The number of aromatic nitrogens is 1. The Labute approximate surface area is 215 Å². The van der Waals surface area contributed by atoms with Crippen LogP contribution in [0, 0.1) is 11.3 Å². The van der Waals surface area contributed by atoms with Gasteiger partial charge in [0.25, 0.3) is 0 Å². The fourth-order valence-corrected chi connectivity index (χ4v) is 5.15. The average molecular weight is 488 g/mol. The van der Waals surface area contributed by atoms with E-state index < -0.39 is 0 Å². The Morgan fingerprint density at radius 2 is 1.54 bits per heavy atom. The van der Waals surface area contributed by atoms with E-state index in [1.807, 2.05) is 18.2 Å². The van der Waals surface area contributed by atoms with Gasteiger partial charge in [-0.05, 0) is 54.6 Å². The van der Waals surface area contributed by atoms with Gasteiger partial charge in [-0.25, -0.2) is 4.98 Å². The highest BCUT2D eigenvalue weighted by atomic mass is 16.4. The van der Waals surface area contributed by atoms with E-state index >= 15 is 0 Å². The molecule has 0 saturated carbocycles. The average Bonchev–Trinajstić information content (AvgIpc) is 3.56.